The Labute approximate surface area is 166 Å². The monoisotopic (exact) mass is 393 g/mol. The Morgan fingerprint density at radius 3 is 2.14 bits per heavy atom. The number of hydrogen-bond acceptors (Lipinski definition) is 6. The van der Waals surface area contributed by atoms with Crippen LogP contribution in [0.15, 0.2) is 69.2 Å². The molecule has 0 amide bonds. The maximum Gasteiger partial charge on any atom is 0.337 e. The number of aromatic hydroxyl groups is 1. The van der Waals surface area contributed by atoms with Crippen molar-refractivity contribution in [2.24, 2.45) is 19.1 Å². The van der Waals surface area contributed by atoms with Crippen LogP contribution in [0.4, 0.5) is 5.69 Å². The molecule has 0 bridgehead atoms. The summed E-state index contributed by atoms with van der Waals surface area (Å²) in [4.78, 5) is 41.0. The van der Waals surface area contributed by atoms with Gasteiger partial charge in [-0.15, -0.1) is 0 Å². The molecule has 0 spiro atoms. The Balaban J connectivity index is 2.26. The second-order valence-electron chi connectivity index (χ2n) is 6.27. The zero-order valence-electron chi connectivity index (χ0n) is 16.1. The molecule has 0 atom stereocenters. The maximum absolute atomic E-state index is 12.8. The van der Waals surface area contributed by atoms with Gasteiger partial charge in [-0.1, -0.05) is 30.3 Å². The second-order valence-corrected chi connectivity index (χ2v) is 6.27. The van der Waals surface area contributed by atoms with Crippen LogP contribution in [0.5, 0.6) is 5.88 Å². The van der Waals surface area contributed by atoms with Gasteiger partial charge in [-0.2, -0.15) is 0 Å². The van der Waals surface area contributed by atoms with Crippen molar-refractivity contribution in [2.75, 3.05) is 7.11 Å². The number of methoxy groups -OCH3 is 1. The lowest BCUT2D eigenvalue weighted by Crippen LogP contribution is -2.40. The van der Waals surface area contributed by atoms with Crippen LogP contribution in [-0.2, 0) is 18.8 Å². The van der Waals surface area contributed by atoms with Gasteiger partial charge in [0.05, 0.1) is 24.1 Å². The molecule has 0 radical (unpaired) electrons. The topological polar surface area (TPSA) is 103 Å². The predicted octanol–water partition coefficient (Wildman–Crippen LogP) is 1.75. The van der Waals surface area contributed by atoms with E-state index in [-0.39, 0.29) is 11.3 Å². The van der Waals surface area contributed by atoms with Crippen LogP contribution in [0.3, 0.4) is 0 Å². The van der Waals surface area contributed by atoms with E-state index in [4.69, 9.17) is 0 Å². The minimum Gasteiger partial charge on any atom is -0.494 e. The van der Waals surface area contributed by atoms with Crippen LogP contribution in [-0.4, -0.2) is 33.0 Å². The fraction of sp³-hybridized carbons (Fsp3) is 0.143. The largest absolute Gasteiger partial charge is 0.494 e. The zero-order chi connectivity index (χ0) is 21.1. The molecule has 0 fully saturated rings. The molecule has 2 aromatic carbocycles. The third-order valence-corrected chi connectivity index (χ3v) is 4.45. The highest BCUT2D eigenvalue weighted by molar-refractivity contribution is 6.15. The summed E-state index contributed by atoms with van der Waals surface area (Å²) in [5.41, 5.74) is 0.171. The summed E-state index contributed by atoms with van der Waals surface area (Å²) in [5, 5.41) is 10.5. The number of ether oxygens (including phenoxy) is 1. The highest BCUT2D eigenvalue weighted by atomic mass is 16.5. The molecule has 29 heavy (non-hydrogen) atoms. The first-order valence-electron chi connectivity index (χ1n) is 8.67. The molecule has 3 rings (SSSR count). The average molecular weight is 393 g/mol. The number of carbonyl (C=O) groups excluding carboxylic acids is 1. The normalized spacial score (nSPS) is 11.3. The molecule has 0 unspecified atom stereocenters. The van der Waals surface area contributed by atoms with Crippen LogP contribution < -0.4 is 11.2 Å². The highest BCUT2D eigenvalue weighted by Gasteiger charge is 2.21. The van der Waals surface area contributed by atoms with Gasteiger partial charge in [-0.25, -0.2) is 14.6 Å². The van der Waals surface area contributed by atoms with Crippen molar-refractivity contribution in [2.45, 2.75) is 0 Å². The molecular formula is C21H19N3O5. The summed E-state index contributed by atoms with van der Waals surface area (Å²) in [6, 6.07) is 15.1. The van der Waals surface area contributed by atoms with Gasteiger partial charge >= 0.3 is 11.7 Å². The van der Waals surface area contributed by atoms with Crippen LogP contribution >= 0.6 is 0 Å². The number of rotatable bonds is 4. The molecule has 8 nitrogen and oxygen atoms in total. The van der Waals surface area contributed by atoms with E-state index in [1.165, 1.54) is 21.2 Å². The van der Waals surface area contributed by atoms with Crippen molar-refractivity contribution in [3.63, 3.8) is 0 Å². The fourth-order valence-electron chi connectivity index (χ4n) is 2.82. The maximum atomic E-state index is 12.8. The van der Waals surface area contributed by atoms with Crippen LogP contribution in [0, 0.1) is 0 Å². The number of aromatic nitrogens is 2. The molecule has 1 aromatic heterocycles. The van der Waals surface area contributed by atoms with Gasteiger partial charge in [0.25, 0.3) is 5.56 Å². The first-order chi connectivity index (χ1) is 13.8. The van der Waals surface area contributed by atoms with E-state index in [0.29, 0.717) is 16.8 Å². The van der Waals surface area contributed by atoms with Crippen LogP contribution in [0.2, 0.25) is 0 Å². The molecule has 148 valence electrons. The highest BCUT2D eigenvalue weighted by Crippen LogP contribution is 2.21. The van der Waals surface area contributed by atoms with Crippen molar-refractivity contribution in [3.05, 3.63) is 92.1 Å². The van der Waals surface area contributed by atoms with Gasteiger partial charge in [0.1, 0.15) is 5.56 Å². The molecule has 0 aliphatic heterocycles. The number of hydrogen-bond donors (Lipinski definition) is 1. The van der Waals surface area contributed by atoms with Gasteiger partial charge in [-0.05, 0) is 24.3 Å². The van der Waals surface area contributed by atoms with Crippen molar-refractivity contribution >= 4 is 17.4 Å². The fourth-order valence-corrected chi connectivity index (χ4v) is 2.82. The van der Waals surface area contributed by atoms with Gasteiger partial charge in [0.15, 0.2) is 0 Å². The Morgan fingerprint density at radius 2 is 1.55 bits per heavy atom. The SMILES string of the molecule is COC(=O)c1ccc(N=C(c2ccccc2)c2c(O)n(C)c(=O)n(C)c2=O)cc1. The van der Waals surface area contributed by atoms with E-state index in [2.05, 4.69) is 9.73 Å². The summed E-state index contributed by atoms with van der Waals surface area (Å²) in [7, 11) is 4.00. The summed E-state index contributed by atoms with van der Waals surface area (Å²) in [6.45, 7) is 0. The number of benzene rings is 2. The second kappa shape index (κ2) is 7.97. The lowest BCUT2D eigenvalue weighted by atomic mass is 10.0. The number of aliphatic imine (C=N–C) groups is 1. The van der Waals surface area contributed by atoms with Crippen LogP contribution in [0.25, 0.3) is 0 Å². The molecule has 0 aliphatic rings. The third-order valence-electron chi connectivity index (χ3n) is 4.45. The van der Waals surface area contributed by atoms with E-state index in [1.54, 1.807) is 48.5 Å². The molecule has 8 heteroatoms. The summed E-state index contributed by atoms with van der Waals surface area (Å²) >= 11 is 0. The summed E-state index contributed by atoms with van der Waals surface area (Å²) in [6.07, 6.45) is 0. The molecule has 3 aromatic rings. The lowest BCUT2D eigenvalue weighted by Gasteiger charge is -2.13. The minimum atomic E-state index is -0.667. The van der Waals surface area contributed by atoms with Gasteiger partial charge in [-0.3, -0.25) is 13.9 Å². The Bertz CT molecular complexity index is 1210. The van der Waals surface area contributed by atoms with Crippen molar-refractivity contribution < 1.29 is 14.6 Å². The average Bonchev–Trinajstić information content (AvgIpc) is 2.76. The molecule has 0 saturated heterocycles. The molecular weight excluding hydrogens is 374 g/mol. The number of nitrogens with zero attached hydrogens (tertiary/aromatic N) is 3. The van der Waals surface area contributed by atoms with Crippen molar-refractivity contribution in [3.8, 4) is 5.88 Å². The van der Waals surface area contributed by atoms with E-state index < -0.39 is 23.1 Å². The standard InChI is InChI=1S/C21H19N3O5/c1-23-18(25)16(19(26)24(2)21(23)28)17(13-7-5-4-6-8-13)22-15-11-9-14(10-12-15)20(27)29-3/h4-12,25H,1-3H3. The van der Waals surface area contributed by atoms with Gasteiger partial charge in [0, 0.05) is 19.7 Å². The number of esters is 1. The molecule has 0 saturated carbocycles. The van der Waals surface area contributed by atoms with E-state index in [9.17, 15) is 19.5 Å². The third kappa shape index (κ3) is 3.73. The van der Waals surface area contributed by atoms with Crippen LogP contribution in [0.1, 0.15) is 21.5 Å². The van der Waals surface area contributed by atoms with Gasteiger partial charge in [0.2, 0.25) is 5.88 Å². The van der Waals surface area contributed by atoms with Gasteiger partial charge < -0.3 is 9.84 Å². The van der Waals surface area contributed by atoms with E-state index in [1.807, 2.05) is 6.07 Å². The predicted molar refractivity (Wildman–Crippen MR) is 108 cm³/mol. The van der Waals surface area contributed by atoms with E-state index in [0.717, 1.165) is 9.13 Å². The zero-order valence-corrected chi connectivity index (χ0v) is 16.1. The Morgan fingerprint density at radius 1 is 0.931 bits per heavy atom. The quantitative estimate of drug-likeness (QED) is 0.537. The van der Waals surface area contributed by atoms with Crippen molar-refractivity contribution in [1.82, 2.24) is 9.13 Å². The summed E-state index contributed by atoms with van der Waals surface area (Å²) < 4.78 is 6.57. The molecule has 1 heterocycles. The first kappa shape index (κ1) is 19.8. The molecule has 0 aliphatic carbocycles. The summed E-state index contributed by atoms with van der Waals surface area (Å²) in [5.74, 6) is -0.958. The Hall–Kier alpha value is -3.94. The Kier molecular flexibility index (Phi) is 5.45. The lowest BCUT2D eigenvalue weighted by molar-refractivity contribution is 0.0601. The smallest absolute Gasteiger partial charge is 0.337 e. The number of carbonyl (C=O) groups is 1. The first-order valence-corrected chi connectivity index (χ1v) is 8.67. The molecule has 1 N–H and O–H groups in total. The van der Waals surface area contributed by atoms with E-state index >= 15 is 0 Å². The minimum absolute atomic E-state index is 0.0992. The van der Waals surface area contributed by atoms with Crippen molar-refractivity contribution in [1.29, 1.82) is 0 Å².